The second-order valence-electron chi connectivity index (χ2n) is 9.09. The van der Waals surface area contributed by atoms with Crippen molar-refractivity contribution in [3.63, 3.8) is 0 Å². The number of ether oxygens (including phenoxy) is 1. The molecule has 2 N–H and O–H groups in total. The van der Waals surface area contributed by atoms with Crippen molar-refractivity contribution in [1.82, 2.24) is 14.7 Å². The molecule has 0 aromatic heterocycles. The molecule has 1 aromatic carbocycles. The lowest BCUT2D eigenvalue weighted by molar-refractivity contribution is -0.128. The molecule has 0 aliphatic carbocycles. The Hall–Kier alpha value is -2.54. The van der Waals surface area contributed by atoms with Crippen molar-refractivity contribution < 1.29 is 14.3 Å². The number of hydrogen-bond acceptors (Lipinski definition) is 5. The SMILES string of the molecule is CN(C)C/C=C/C(=O)N1CCC[C@@H](N(Cc2ccc(N)cc2)C(=O)OC(C)(C)C)C1. The molecule has 0 spiro atoms. The molecule has 0 radical (unpaired) electrons. The van der Waals surface area contributed by atoms with Gasteiger partial charge in [-0.25, -0.2) is 4.79 Å². The second kappa shape index (κ2) is 10.5. The minimum Gasteiger partial charge on any atom is -0.444 e. The predicted molar refractivity (Wildman–Crippen MR) is 120 cm³/mol. The van der Waals surface area contributed by atoms with Gasteiger partial charge in [0.25, 0.3) is 0 Å². The van der Waals surface area contributed by atoms with Gasteiger partial charge < -0.3 is 20.3 Å². The Morgan fingerprint density at radius 2 is 1.90 bits per heavy atom. The van der Waals surface area contributed by atoms with Crippen molar-refractivity contribution in [2.45, 2.75) is 51.8 Å². The van der Waals surface area contributed by atoms with E-state index >= 15 is 0 Å². The summed E-state index contributed by atoms with van der Waals surface area (Å²) in [6.45, 7) is 7.91. The molecule has 0 bridgehead atoms. The minimum atomic E-state index is -0.588. The molecule has 0 saturated carbocycles. The van der Waals surface area contributed by atoms with Crippen LogP contribution < -0.4 is 5.73 Å². The van der Waals surface area contributed by atoms with Crippen LogP contribution in [0.4, 0.5) is 10.5 Å². The van der Waals surface area contributed by atoms with Crippen molar-refractivity contribution in [3.05, 3.63) is 42.0 Å². The monoisotopic (exact) mass is 416 g/mol. The van der Waals surface area contributed by atoms with Gasteiger partial charge in [0.05, 0.1) is 6.04 Å². The van der Waals surface area contributed by atoms with Gasteiger partial charge in [-0.05, 0) is 65.4 Å². The number of amides is 2. The molecule has 30 heavy (non-hydrogen) atoms. The summed E-state index contributed by atoms with van der Waals surface area (Å²) < 4.78 is 5.68. The number of carbonyl (C=O) groups excluding carboxylic acids is 2. The largest absolute Gasteiger partial charge is 0.444 e. The average molecular weight is 417 g/mol. The number of carbonyl (C=O) groups is 2. The normalized spacial score (nSPS) is 17.4. The van der Waals surface area contributed by atoms with E-state index in [9.17, 15) is 9.59 Å². The van der Waals surface area contributed by atoms with Crippen molar-refractivity contribution in [3.8, 4) is 0 Å². The molecule has 7 heteroatoms. The maximum atomic E-state index is 13.0. The van der Waals surface area contributed by atoms with Crippen molar-refractivity contribution >= 4 is 17.7 Å². The van der Waals surface area contributed by atoms with Gasteiger partial charge in [0, 0.05) is 37.9 Å². The van der Waals surface area contributed by atoms with Crippen LogP contribution in [0.2, 0.25) is 0 Å². The van der Waals surface area contributed by atoms with Crippen LogP contribution in [0.1, 0.15) is 39.2 Å². The average Bonchev–Trinajstić information content (AvgIpc) is 2.65. The number of nitrogens with two attached hydrogens (primary N) is 1. The number of likely N-dealkylation sites (N-methyl/N-ethyl adjacent to an activating group) is 1. The molecule has 1 fully saturated rings. The Kier molecular flexibility index (Phi) is 8.29. The summed E-state index contributed by atoms with van der Waals surface area (Å²) in [6.07, 6.45) is 4.81. The van der Waals surface area contributed by atoms with Gasteiger partial charge >= 0.3 is 6.09 Å². The molecule has 0 unspecified atom stereocenters. The number of rotatable bonds is 6. The van der Waals surface area contributed by atoms with Gasteiger partial charge in [-0.2, -0.15) is 0 Å². The van der Waals surface area contributed by atoms with E-state index in [0.717, 1.165) is 18.4 Å². The molecule has 2 amide bonds. The van der Waals surface area contributed by atoms with Gasteiger partial charge in [-0.15, -0.1) is 0 Å². The van der Waals surface area contributed by atoms with Crippen LogP contribution in [0.15, 0.2) is 36.4 Å². The third-order valence-corrected chi connectivity index (χ3v) is 4.84. The van der Waals surface area contributed by atoms with Gasteiger partial charge in [0.1, 0.15) is 5.60 Å². The molecule has 1 atom stereocenters. The summed E-state index contributed by atoms with van der Waals surface area (Å²) in [5.41, 5.74) is 6.87. The highest BCUT2D eigenvalue weighted by Gasteiger charge is 2.32. The second-order valence-corrected chi connectivity index (χ2v) is 9.09. The highest BCUT2D eigenvalue weighted by Crippen LogP contribution is 2.22. The van der Waals surface area contributed by atoms with Crippen LogP contribution in [-0.4, -0.2) is 72.1 Å². The first-order valence-corrected chi connectivity index (χ1v) is 10.5. The molecule has 1 aliphatic heterocycles. The topological polar surface area (TPSA) is 79.1 Å². The van der Waals surface area contributed by atoms with E-state index in [1.54, 1.807) is 11.0 Å². The number of nitrogen functional groups attached to an aromatic ring is 1. The third-order valence-electron chi connectivity index (χ3n) is 4.84. The lowest BCUT2D eigenvalue weighted by Crippen LogP contribution is -2.52. The van der Waals surface area contributed by atoms with Crippen LogP contribution >= 0.6 is 0 Å². The third kappa shape index (κ3) is 7.71. The van der Waals surface area contributed by atoms with Crippen LogP contribution in [-0.2, 0) is 16.1 Å². The fourth-order valence-electron chi connectivity index (χ4n) is 3.36. The molecule has 1 heterocycles. The number of benzene rings is 1. The molecule has 166 valence electrons. The fraction of sp³-hybridized carbons (Fsp3) is 0.565. The summed E-state index contributed by atoms with van der Waals surface area (Å²) >= 11 is 0. The molecule has 1 aliphatic rings. The summed E-state index contributed by atoms with van der Waals surface area (Å²) in [6, 6.07) is 7.39. The van der Waals surface area contributed by atoms with Crippen LogP contribution in [0.25, 0.3) is 0 Å². The van der Waals surface area contributed by atoms with Gasteiger partial charge in [-0.1, -0.05) is 18.2 Å². The van der Waals surface area contributed by atoms with Crippen LogP contribution in [0, 0.1) is 0 Å². The first kappa shape index (κ1) is 23.7. The summed E-state index contributed by atoms with van der Waals surface area (Å²) in [5.74, 6) is -0.0156. The van der Waals surface area contributed by atoms with E-state index in [0.29, 0.717) is 31.9 Å². The zero-order chi connectivity index (χ0) is 22.3. The van der Waals surface area contributed by atoms with Crippen LogP contribution in [0.3, 0.4) is 0 Å². The maximum Gasteiger partial charge on any atom is 0.410 e. The van der Waals surface area contributed by atoms with Crippen molar-refractivity contribution in [2.24, 2.45) is 0 Å². The first-order valence-electron chi connectivity index (χ1n) is 10.5. The van der Waals surface area contributed by atoms with E-state index in [1.165, 1.54) is 0 Å². The van der Waals surface area contributed by atoms with Crippen LogP contribution in [0.5, 0.6) is 0 Å². The number of nitrogens with zero attached hydrogens (tertiary/aromatic N) is 3. The highest BCUT2D eigenvalue weighted by atomic mass is 16.6. The number of likely N-dealkylation sites (tertiary alicyclic amines) is 1. The molecule has 2 rings (SSSR count). The molecule has 7 nitrogen and oxygen atoms in total. The van der Waals surface area contributed by atoms with Gasteiger partial charge in [-0.3, -0.25) is 9.69 Å². The maximum absolute atomic E-state index is 13.0. The number of anilines is 1. The Labute approximate surface area is 180 Å². The summed E-state index contributed by atoms with van der Waals surface area (Å²) in [4.78, 5) is 31.2. The smallest absolute Gasteiger partial charge is 0.410 e. The first-order chi connectivity index (χ1) is 14.0. The molecular formula is C23H36N4O3. The van der Waals surface area contributed by atoms with E-state index < -0.39 is 5.60 Å². The molecule has 1 aromatic rings. The van der Waals surface area contributed by atoms with Crippen molar-refractivity contribution in [2.75, 3.05) is 39.5 Å². The zero-order valence-corrected chi connectivity index (χ0v) is 18.9. The quantitative estimate of drug-likeness (QED) is 0.569. The fourth-order valence-corrected chi connectivity index (χ4v) is 3.36. The van der Waals surface area contributed by atoms with Gasteiger partial charge in [0.2, 0.25) is 5.91 Å². The Morgan fingerprint density at radius 3 is 2.50 bits per heavy atom. The Bertz CT molecular complexity index is 738. The van der Waals surface area contributed by atoms with E-state index in [-0.39, 0.29) is 18.0 Å². The zero-order valence-electron chi connectivity index (χ0n) is 18.9. The van der Waals surface area contributed by atoms with E-state index in [2.05, 4.69) is 0 Å². The molecular weight excluding hydrogens is 380 g/mol. The Morgan fingerprint density at radius 1 is 1.23 bits per heavy atom. The van der Waals surface area contributed by atoms with Gasteiger partial charge in [0.15, 0.2) is 0 Å². The number of piperidine rings is 1. The Balaban J connectivity index is 2.15. The minimum absolute atomic E-state index is 0.0156. The lowest BCUT2D eigenvalue weighted by Gasteiger charge is -2.39. The van der Waals surface area contributed by atoms with E-state index in [4.69, 9.17) is 10.5 Å². The van der Waals surface area contributed by atoms with E-state index in [1.807, 2.05) is 75.0 Å². The number of hydrogen-bond donors (Lipinski definition) is 1. The summed E-state index contributed by atoms with van der Waals surface area (Å²) in [7, 11) is 3.92. The summed E-state index contributed by atoms with van der Waals surface area (Å²) in [5, 5.41) is 0. The standard InChI is InChI=1S/C23H36N4O3/c1-23(2,3)30-22(29)27(16-18-10-12-19(24)13-11-18)20-8-6-15-26(17-20)21(28)9-7-14-25(4)5/h7,9-13,20H,6,8,14-17,24H2,1-5H3/b9-7+/t20-/m1/s1. The highest BCUT2D eigenvalue weighted by molar-refractivity contribution is 5.87. The van der Waals surface area contributed by atoms with Crippen molar-refractivity contribution in [1.29, 1.82) is 0 Å². The molecule has 1 saturated heterocycles. The lowest BCUT2D eigenvalue weighted by atomic mass is 10.0. The predicted octanol–water partition coefficient (Wildman–Crippen LogP) is 3.11.